The van der Waals surface area contributed by atoms with Gasteiger partial charge < -0.3 is 0 Å². The minimum absolute atomic E-state index is 0.106. The summed E-state index contributed by atoms with van der Waals surface area (Å²) in [7, 11) is -3.87. The molecule has 1 unspecified atom stereocenters. The second kappa shape index (κ2) is 7.27. The summed E-state index contributed by atoms with van der Waals surface area (Å²) in [5.74, 6) is 0. The molecule has 0 heterocycles. The first-order valence-electron chi connectivity index (χ1n) is 7.20. The molecule has 0 aliphatic heterocycles. The summed E-state index contributed by atoms with van der Waals surface area (Å²) in [6.45, 7) is 1.89. The van der Waals surface area contributed by atoms with Crippen LogP contribution in [0, 0.1) is 6.92 Å². The van der Waals surface area contributed by atoms with Crippen molar-refractivity contribution >= 4 is 27.4 Å². The molecule has 1 saturated carbocycles. The summed E-state index contributed by atoms with van der Waals surface area (Å²) in [5.41, 5.74) is 1.62. The predicted molar refractivity (Wildman–Crippen MR) is 84.2 cm³/mol. The molecule has 1 aliphatic rings. The van der Waals surface area contributed by atoms with Crippen molar-refractivity contribution in [1.29, 1.82) is 0 Å². The molecule has 1 fully saturated rings. The second-order valence-corrected chi connectivity index (χ2v) is 7.40. The number of rotatable bonds is 3. The number of aryl methyl sites for hydroxylation is 1. The van der Waals surface area contributed by atoms with Gasteiger partial charge in [0.25, 0.3) is 0 Å². The molecule has 0 spiro atoms. The van der Waals surface area contributed by atoms with Crippen molar-refractivity contribution in [2.75, 3.05) is 0 Å². The Bertz CT molecular complexity index is 596. The van der Waals surface area contributed by atoms with Gasteiger partial charge in [0.2, 0.25) is 0 Å². The third-order valence-electron chi connectivity index (χ3n) is 3.56. The highest BCUT2D eigenvalue weighted by Crippen LogP contribution is 2.21. The summed E-state index contributed by atoms with van der Waals surface area (Å²) in [4.78, 5) is 0.106. The zero-order valence-corrected chi connectivity index (χ0v) is 13.7. The van der Waals surface area contributed by atoms with E-state index < -0.39 is 10.1 Å². The summed E-state index contributed by atoms with van der Waals surface area (Å²) >= 11 is 6.25. The van der Waals surface area contributed by atoms with Gasteiger partial charge >= 0.3 is 10.1 Å². The molecule has 1 aromatic rings. The van der Waals surface area contributed by atoms with Gasteiger partial charge in [-0.3, -0.25) is 4.28 Å². The van der Waals surface area contributed by atoms with Crippen molar-refractivity contribution < 1.29 is 12.7 Å². The van der Waals surface area contributed by atoms with Gasteiger partial charge in [0, 0.05) is 0 Å². The number of halogens is 1. The fraction of sp³-hybridized carbons (Fsp3) is 0.533. The molecule has 1 atom stereocenters. The van der Waals surface area contributed by atoms with Crippen LogP contribution in [0.3, 0.4) is 0 Å². The first-order chi connectivity index (χ1) is 9.99. The van der Waals surface area contributed by atoms with E-state index in [9.17, 15) is 8.42 Å². The van der Waals surface area contributed by atoms with Crippen molar-refractivity contribution in [1.82, 2.24) is 0 Å². The zero-order chi connectivity index (χ0) is 15.3. The minimum Gasteiger partial charge on any atom is -0.265 e. The zero-order valence-electron chi connectivity index (χ0n) is 12.1. The molecular weight excluding hydrogens is 310 g/mol. The lowest BCUT2D eigenvalue weighted by molar-refractivity contribution is 0.335. The fourth-order valence-electron chi connectivity index (χ4n) is 2.25. The van der Waals surface area contributed by atoms with Gasteiger partial charge in [0.1, 0.15) is 4.90 Å². The highest BCUT2D eigenvalue weighted by Gasteiger charge is 2.19. The molecule has 116 valence electrons. The van der Waals surface area contributed by atoms with E-state index in [2.05, 4.69) is 5.16 Å². The number of alkyl halides is 1. The molecule has 4 nitrogen and oxygen atoms in total. The Morgan fingerprint density at radius 1 is 1.14 bits per heavy atom. The van der Waals surface area contributed by atoms with Crippen LogP contribution in [0.4, 0.5) is 0 Å². The molecule has 0 bridgehead atoms. The van der Waals surface area contributed by atoms with E-state index in [0.29, 0.717) is 12.1 Å². The van der Waals surface area contributed by atoms with E-state index in [1.807, 2.05) is 6.92 Å². The van der Waals surface area contributed by atoms with Crippen LogP contribution in [0.1, 0.15) is 44.1 Å². The van der Waals surface area contributed by atoms with Gasteiger partial charge in [-0.2, -0.15) is 8.42 Å². The lowest BCUT2D eigenvalue weighted by atomic mass is 9.99. The quantitative estimate of drug-likeness (QED) is 0.621. The molecular formula is C15H20ClNO3S. The molecule has 0 amide bonds. The van der Waals surface area contributed by atoms with Crippen LogP contribution in [0.25, 0.3) is 0 Å². The number of hydrogen-bond acceptors (Lipinski definition) is 4. The van der Waals surface area contributed by atoms with E-state index in [0.717, 1.165) is 31.2 Å². The molecule has 0 aromatic heterocycles. The summed E-state index contributed by atoms with van der Waals surface area (Å²) < 4.78 is 29.0. The Hall–Kier alpha value is -1.07. The van der Waals surface area contributed by atoms with Crippen LogP contribution in [0.5, 0.6) is 0 Å². The van der Waals surface area contributed by atoms with Crippen molar-refractivity contribution in [3.8, 4) is 0 Å². The SMILES string of the molecule is Cc1ccc(S(=O)(=O)O/N=C2/CCCCCCC2Cl)cc1. The van der Waals surface area contributed by atoms with Crippen LogP contribution >= 0.6 is 11.6 Å². The maximum absolute atomic E-state index is 12.1. The smallest absolute Gasteiger partial charge is 0.265 e. The monoisotopic (exact) mass is 329 g/mol. The predicted octanol–water partition coefficient (Wildman–Crippen LogP) is 4.02. The van der Waals surface area contributed by atoms with Gasteiger partial charge in [0.15, 0.2) is 0 Å². The van der Waals surface area contributed by atoms with Gasteiger partial charge in [0.05, 0.1) is 11.1 Å². The van der Waals surface area contributed by atoms with Crippen molar-refractivity contribution in [2.45, 2.75) is 55.7 Å². The Morgan fingerprint density at radius 2 is 1.81 bits per heavy atom. The van der Waals surface area contributed by atoms with Crippen LogP contribution in [-0.2, 0) is 14.4 Å². The van der Waals surface area contributed by atoms with E-state index in [4.69, 9.17) is 15.9 Å². The Labute approximate surface area is 131 Å². The number of oxime groups is 1. The summed E-state index contributed by atoms with van der Waals surface area (Å²) in [6, 6.07) is 6.48. The molecule has 0 radical (unpaired) electrons. The Morgan fingerprint density at radius 3 is 2.52 bits per heavy atom. The average molecular weight is 330 g/mol. The van der Waals surface area contributed by atoms with Crippen LogP contribution in [0.15, 0.2) is 34.3 Å². The molecule has 2 rings (SSSR count). The molecule has 1 aromatic carbocycles. The first kappa shape index (κ1) is 16.3. The van der Waals surface area contributed by atoms with E-state index >= 15 is 0 Å². The summed E-state index contributed by atoms with van der Waals surface area (Å²) in [6.07, 6.45) is 5.80. The lowest BCUT2D eigenvalue weighted by Gasteiger charge is -2.15. The standard InChI is InChI=1S/C15H20ClNO3S/c1-12-8-10-13(11-9-12)21(18,19)20-17-15-7-5-3-2-4-6-14(15)16/h8-11,14H,2-7H2,1H3/b17-15-. The second-order valence-electron chi connectivity index (χ2n) is 5.34. The number of nitrogens with zero attached hydrogens (tertiary/aromatic N) is 1. The van der Waals surface area contributed by atoms with Crippen LogP contribution < -0.4 is 0 Å². The fourth-order valence-corrected chi connectivity index (χ4v) is 3.31. The third-order valence-corrected chi connectivity index (χ3v) is 5.15. The number of hydrogen-bond donors (Lipinski definition) is 0. The molecule has 0 saturated heterocycles. The van der Waals surface area contributed by atoms with Crippen LogP contribution in [0.2, 0.25) is 0 Å². The Kier molecular flexibility index (Phi) is 5.65. The third kappa shape index (κ3) is 4.71. The highest BCUT2D eigenvalue weighted by molar-refractivity contribution is 7.86. The van der Waals surface area contributed by atoms with Crippen molar-refractivity contribution in [2.24, 2.45) is 5.16 Å². The topological polar surface area (TPSA) is 55.7 Å². The largest absolute Gasteiger partial charge is 0.358 e. The maximum Gasteiger partial charge on any atom is 0.358 e. The minimum atomic E-state index is -3.87. The van der Waals surface area contributed by atoms with Gasteiger partial charge in [-0.15, -0.1) is 11.6 Å². The average Bonchev–Trinajstić information content (AvgIpc) is 2.43. The summed E-state index contributed by atoms with van der Waals surface area (Å²) in [5, 5.41) is 3.60. The molecule has 1 aliphatic carbocycles. The van der Waals surface area contributed by atoms with Crippen LogP contribution in [-0.4, -0.2) is 19.5 Å². The molecule has 0 N–H and O–H groups in total. The van der Waals surface area contributed by atoms with E-state index in [-0.39, 0.29) is 10.3 Å². The van der Waals surface area contributed by atoms with Crippen molar-refractivity contribution in [3.63, 3.8) is 0 Å². The van der Waals surface area contributed by atoms with Gasteiger partial charge in [-0.1, -0.05) is 42.1 Å². The lowest BCUT2D eigenvalue weighted by Crippen LogP contribution is -2.18. The Balaban J connectivity index is 2.11. The van der Waals surface area contributed by atoms with Gasteiger partial charge in [-0.05, 0) is 38.3 Å². The number of benzene rings is 1. The first-order valence-corrected chi connectivity index (χ1v) is 9.05. The maximum atomic E-state index is 12.1. The normalized spacial score (nSPS) is 22.6. The molecule has 6 heteroatoms. The van der Waals surface area contributed by atoms with E-state index in [1.54, 1.807) is 12.1 Å². The van der Waals surface area contributed by atoms with E-state index in [1.165, 1.54) is 18.6 Å². The van der Waals surface area contributed by atoms with Gasteiger partial charge in [-0.25, -0.2) is 0 Å². The molecule has 21 heavy (non-hydrogen) atoms. The highest BCUT2D eigenvalue weighted by atomic mass is 35.5. The van der Waals surface area contributed by atoms with Crippen molar-refractivity contribution in [3.05, 3.63) is 29.8 Å².